The van der Waals surface area contributed by atoms with Crippen molar-refractivity contribution in [3.63, 3.8) is 0 Å². The SMILES string of the molecule is CCOC(=O)C1(O)CC(C)(C)Oc2ccccc21. The van der Waals surface area contributed by atoms with Gasteiger partial charge in [0.25, 0.3) is 0 Å². The van der Waals surface area contributed by atoms with Gasteiger partial charge in [0.1, 0.15) is 11.4 Å². The molecule has 4 nitrogen and oxygen atoms in total. The minimum Gasteiger partial charge on any atom is -0.487 e. The Morgan fingerprint density at radius 1 is 1.44 bits per heavy atom. The van der Waals surface area contributed by atoms with Crippen molar-refractivity contribution in [2.45, 2.75) is 38.4 Å². The Morgan fingerprint density at radius 2 is 2.11 bits per heavy atom. The molecule has 4 heteroatoms. The maximum Gasteiger partial charge on any atom is 0.343 e. The predicted molar refractivity (Wildman–Crippen MR) is 66.3 cm³/mol. The van der Waals surface area contributed by atoms with E-state index in [4.69, 9.17) is 9.47 Å². The molecule has 0 saturated carbocycles. The van der Waals surface area contributed by atoms with Gasteiger partial charge in [0, 0.05) is 12.0 Å². The average Bonchev–Trinajstić information content (AvgIpc) is 2.27. The Morgan fingerprint density at radius 3 is 2.78 bits per heavy atom. The van der Waals surface area contributed by atoms with Gasteiger partial charge in [0.15, 0.2) is 5.60 Å². The molecule has 1 atom stereocenters. The molecule has 98 valence electrons. The van der Waals surface area contributed by atoms with Crippen molar-refractivity contribution in [3.05, 3.63) is 29.8 Å². The molecule has 1 aliphatic rings. The van der Waals surface area contributed by atoms with Crippen molar-refractivity contribution in [2.75, 3.05) is 6.61 Å². The smallest absolute Gasteiger partial charge is 0.343 e. The Hall–Kier alpha value is -1.55. The number of aliphatic hydroxyl groups is 1. The van der Waals surface area contributed by atoms with Gasteiger partial charge in [-0.3, -0.25) is 0 Å². The van der Waals surface area contributed by atoms with Crippen LogP contribution in [0.3, 0.4) is 0 Å². The molecule has 1 aliphatic heterocycles. The quantitative estimate of drug-likeness (QED) is 0.816. The first-order valence-corrected chi connectivity index (χ1v) is 6.07. The lowest BCUT2D eigenvalue weighted by atomic mass is 9.80. The van der Waals surface area contributed by atoms with Crippen molar-refractivity contribution in [2.24, 2.45) is 0 Å². The van der Waals surface area contributed by atoms with Crippen LogP contribution in [-0.2, 0) is 15.1 Å². The lowest BCUT2D eigenvalue weighted by molar-refractivity contribution is -0.175. The van der Waals surface area contributed by atoms with Crippen LogP contribution in [0.1, 0.15) is 32.8 Å². The van der Waals surface area contributed by atoms with E-state index in [2.05, 4.69) is 0 Å². The van der Waals surface area contributed by atoms with E-state index in [1.54, 1.807) is 25.1 Å². The molecule has 1 unspecified atom stereocenters. The maximum atomic E-state index is 12.0. The number of fused-ring (bicyclic) bond motifs is 1. The van der Waals surface area contributed by atoms with Crippen LogP contribution in [0.15, 0.2) is 24.3 Å². The van der Waals surface area contributed by atoms with Gasteiger partial charge in [-0.25, -0.2) is 4.79 Å². The third-order valence-electron chi connectivity index (χ3n) is 3.01. The molecule has 0 aliphatic carbocycles. The zero-order valence-corrected chi connectivity index (χ0v) is 10.9. The van der Waals surface area contributed by atoms with E-state index in [9.17, 15) is 9.90 Å². The molecular formula is C14H18O4. The molecule has 0 saturated heterocycles. The van der Waals surface area contributed by atoms with E-state index in [0.29, 0.717) is 11.3 Å². The first kappa shape index (κ1) is 12.9. The molecule has 0 spiro atoms. The lowest BCUT2D eigenvalue weighted by Gasteiger charge is -2.41. The van der Waals surface area contributed by atoms with Gasteiger partial charge in [0.05, 0.1) is 6.61 Å². The van der Waals surface area contributed by atoms with Crippen molar-refractivity contribution in [1.82, 2.24) is 0 Å². The van der Waals surface area contributed by atoms with Gasteiger partial charge in [-0.05, 0) is 26.8 Å². The van der Waals surface area contributed by atoms with E-state index < -0.39 is 17.2 Å². The largest absolute Gasteiger partial charge is 0.487 e. The highest BCUT2D eigenvalue weighted by atomic mass is 16.6. The van der Waals surface area contributed by atoms with Crippen LogP contribution in [0.4, 0.5) is 0 Å². The number of ether oxygens (including phenoxy) is 2. The molecule has 1 heterocycles. The molecule has 0 amide bonds. The third kappa shape index (κ3) is 2.08. The summed E-state index contributed by atoms with van der Waals surface area (Å²) in [5.41, 5.74) is -1.77. The fourth-order valence-electron chi connectivity index (χ4n) is 2.38. The van der Waals surface area contributed by atoms with Crippen molar-refractivity contribution in [1.29, 1.82) is 0 Å². The number of hydrogen-bond acceptors (Lipinski definition) is 4. The second-order valence-electron chi connectivity index (χ2n) is 5.12. The Labute approximate surface area is 107 Å². The maximum absolute atomic E-state index is 12.0. The topological polar surface area (TPSA) is 55.8 Å². The standard InChI is InChI=1S/C14H18O4/c1-4-17-12(15)14(16)9-13(2,3)18-11-8-6-5-7-10(11)14/h5-8,16H,4,9H2,1-3H3. The van der Waals surface area contributed by atoms with Crippen LogP contribution >= 0.6 is 0 Å². The fraction of sp³-hybridized carbons (Fsp3) is 0.500. The Balaban J connectivity index is 2.50. The summed E-state index contributed by atoms with van der Waals surface area (Å²) < 4.78 is 10.8. The molecule has 2 rings (SSSR count). The number of benzene rings is 1. The van der Waals surface area contributed by atoms with E-state index >= 15 is 0 Å². The van der Waals surface area contributed by atoms with Gasteiger partial charge in [-0.2, -0.15) is 0 Å². The van der Waals surface area contributed by atoms with Crippen molar-refractivity contribution < 1.29 is 19.4 Å². The van der Waals surface area contributed by atoms with Crippen molar-refractivity contribution in [3.8, 4) is 5.75 Å². The summed E-state index contributed by atoms with van der Waals surface area (Å²) in [6.45, 7) is 5.64. The summed E-state index contributed by atoms with van der Waals surface area (Å²) in [4.78, 5) is 12.0. The van der Waals surface area contributed by atoms with Crippen LogP contribution in [0.5, 0.6) is 5.75 Å². The molecule has 0 fully saturated rings. The molecule has 0 bridgehead atoms. The molecule has 1 aromatic carbocycles. The van der Waals surface area contributed by atoms with E-state index in [1.165, 1.54) is 0 Å². The van der Waals surface area contributed by atoms with E-state index in [-0.39, 0.29) is 13.0 Å². The molecule has 0 radical (unpaired) electrons. The van der Waals surface area contributed by atoms with Gasteiger partial charge in [-0.15, -0.1) is 0 Å². The highest BCUT2D eigenvalue weighted by molar-refractivity contribution is 5.82. The first-order chi connectivity index (χ1) is 8.39. The predicted octanol–water partition coefficient (Wildman–Crippen LogP) is 2.00. The monoisotopic (exact) mass is 250 g/mol. The zero-order chi connectivity index (χ0) is 13.4. The fourth-order valence-corrected chi connectivity index (χ4v) is 2.38. The molecule has 1 aromatic rings. The van der Waals surface area contributed by atoms with Gasteiger partial charge >= 0.3 is 5.97 Å². The number of rotatable bonds is 2. The van der Waals surface area contributed by atoms with Gasteiger partial charge in [0.2, 0.25) is 0 Å². The Bertz CT molecular complexity index is 467. The summed E-state index contributed by atoms with van der Waals surface area (Å²) in [6.07, 6.45) is 0.176. The van der Waals surface area contributed by atoms with E-state index in [1.807, 2.05) is 19.9 Å². The summed E-state index contributed by atoms with van der Waals surface area (Å²) in [5, 5.41) is 10.7. The number of para-hydroxylation sites is 1. The van der Waals surface area contributed by atoms with E-state index in [0.717, 1.165) is 0 Å². The number of carbonyl (C=O) groups is 1. The first-order valence-electron chi connectivity index (χ1n) is 6.07. The van der Waals surface area contributed by atoms with Crippen LogP contribution in [-0.4, -0.2) is 23.3 Å². The van der Waals surface area contributed by atoms with Crippen molar-refractivity contribution >= 4 is 5.97 Å². The number of hydrogen-bond donors (Lipinski definition) is 1. The highest BCUT2D eigenvalue weighted by Crippen LogP contribution is 2.43. The third-order valence-corrected chi connectivity index (χ3v) is 3.01. The molecule has 0 aromatic heterocycles. The second-order valence-corrected chi connectivity index (χ2v) is 5.12. The average molecular weight is 250 g/mol. The summed E-state index contributed by atoms with van der Waals surface area (Å²) in [5.74, 6) is -0.0851. The van der Waals surface area contributed by atoms with Gasteiger partial charge in [-0.1, -0.05) is 18.2 Å². The summed E-state index contributed by atoms with van der Waals surface area (Å²) in [6, 6.07) is 7.03. The number of esters is 1. The minimum atomic E-state index is -1.63. The summed E-state index contributed by atoms with van der Waals surface area (Å²) in [7, 11) is 0. The van der Waals surface area contributed by atoms with Crippen LogP contribution < -0.4 is 4.74 Å². The van der Waals surface area contributed by atoms with Gasteiger partial charge < -0.3 is 14.6 Å². The van der Waals surface area contributed by atoms with Crippen LogP contribution in [0.25, 0.3) is 0 Å². The zero-order valence-electron chi connectivity index (χ0n) is 10.9. The summed E-state index contributed by atoms with van der Waals surface area (Å²) >= 11 is 0. The normalized spacial score (nSPS) is 24.9. The minimum absolute atomic E-state index is 0.176. The highest BCUT2D eigenvalue weighted by Gasteiger charge is 2.50. The molecule has 18 heavy (non-hydrogen) atoms. The molecule has 1 N–H and O–H groups in total. The molecular weight excluding hydrogens is 232 g/mol. The second kappa shape index (κ2) is 4.28. The Kier molecular flexibility index (Phi) is 3.07. The van der Waals surface area contributed by atoms with Crippen LogP contribution in [0.2, 0.25) is 0 Å². The number of carbonyl (C=O) groups excluding carboxylic acids is 1. The lowest BCUT2D eigenvalue weighted by Crippen LogP contribution is -2.49. The van der Waals surface area contributed by atoms with Crippen LogP contribution in [0, 0.1) is 0 Å².